The summed E-state index contributed by atoms with van der Waals surface area (Å²) in [7, 11) is -5.14. The molecule has 0 amide bonds. The molecule has 0 saturated heterocycles. The number of phosphoric ester groups is 1. The Balaban J connectivity index is 2.45. The quantitative estimate of drug-likeness (QED) is 0.0146. The SMILES string of the molecule is CCCCCCCC/C=C/CCCCCCCCCC(=O)OC[C@H](COP(=O)(O)OC1C(O)C(O)C(O)[C@@H](O)C1O)OC(=O)CCC/C=C/C/C=C/C/C=C/C/C=C/CCCCCCCCC. The first-order valence-electron chi connectivity index (χ1n) is 26.1. The van der Waals surface area contributed by atoms with Gasteiger partial charge in [-0.15, -0.1) is 0 Å². The molecule has 1 saturated carbocycles. The average Bonchev–Trinajstić information content (AvgIpc) is 3.31. The van der Waals surface area contributed by atoms with E-state index in [0.717, 1.165) is 57.8 Å². The van der Waals surface area contributed by atoms with Crippen LogP contribution in [0, 0.1) is 0 Å². The molecule has 0 aromatic carbocycles. The number of carbonyl (C=O) groups is 2. The minimum atomic E-state index is -5.14. The van der Waals surface area contributed by atoms with E-state index in [4.69, 9.17) is 18.5 Å². The molecule has 0 bridgehead atoms. The van der Waals surface area contributed by atoms with E-state index in [1.807, 2.05) is 12.2 Å². The Labute approximate surface area is 404 Å². The fourth-order valence-electron chi connectivity index (χ4n) is 7.63. The fraction of sp³-hybridized carbons (Fsp3) is 0.774. The van der Waals surface area contributed by atoms with E-state index in [1.54, 1.807) is 0 Å². The maximum absolute atomic E-state index is 12.8. The number of rotatable bonds is 43. The van der Waals surface area contributed by atoms with E-state index in [-0.39, 0.29) is 12.8 Å². The van der Waals surface area contributed by atoms with Gasteiger partial charge in [0.25, 0.3) is 0 Å². The van der Waals surface area contributed by atoms with Crippen LogP contribution in [0.2, 0.25) is 0 Å². The highest BCUT2D eigenvalue weighted by molar-refractivity contribution is 7.47. The summed E-state index contributed by atoms with van der Waals surface area (Å²) < 4.78 is 33.6. The highest BCUT2D eigenvalue weighted by Gasteiger charge is 2.51. The normalized spacial score (nSPS) is 21.6. The lowest BCUT2D eigenvalue weighted by atomic mass is 9.85. The summed E-state index contributed by atoms with van der Waals surface area (Å²) in [6, 6.07) is 0. The summed E-state index contributed by atoms with van der Waals surface area (Å²) in [6.45, 7) is 3.26. The molecule has 0 heterocycles. The zero-order valence-corrected chi connectivity index (χ0v) is 42.3. The summed E-state index contributed by atoms with van der Waals surface area (Å²) in [5, 5.41) is 50.3. The van der Waals surface area contributed by atoms with Crippen molar-refractivity contribution in [1.29, 1.82) is 0 Å². The molecule has 0 spiro atoms. The van der Waals surface area contributed by atoms with Crippen LogP contribution >= 0.6 is 7.82 Å². The lowest BCUT2D eigenvalue weighted by Gasteiger charge is -2.41. The number of carbonyl (C=O) groups excluding carboxylic acids is 2. The Morgan fingerprint density at radius 3 is 1.28 bits per heavy atom. The van der Waals surface area contributed by atoms with Gasteiger partial charge in [-0.05, 0) is 77.0 Å². The molecule has 0 aromatic heterocycles. The number of aliphatic hydroxyl groups excluding tert-OH is 5. The van der Waals surface area contributed by atoms with Gasteiger partial charge in [-0.1, -0.05) is 177 Å². The van der Waals surface area contributed by atoms with Crippen molar-refractivity contribution < 1.29 is 63.1 Å². The zero-order chi connectivity index (χ0) is 49.2. The first-order chi connectivity index (χ1) is 32.4. The third kappa shape index (κ3) is 34.5. The summed E-state index contributed by atoms with van der Waals surface area (Å²) >= 11 is 0. The van der Waals surface area contributed by atoms with E-state index in [0.29, 0.717) is 19.3 Å². The van der Waals surface area contributed by atoms with Gasteiger partial charge in [-0.2, -0.15) is 0 Å². The van der Waals surface area contributed by atoms with Crippen LogP contribution in [0.3, 0.4) is 0 Å². The molecular formula is C53H93O13P. The molecule has 1 aliphatic carbocycles. The van der Waals surface area contributed by atoms with Crippen LogP contribution in [0.15, 0.2) is 60.8 Å². The Kier molecular flexibility index (Phi) is 39.6. The summed E-state index contributed by atoms with van der Waals surface area (Å²) in [4.78, 5) is 35.8. The lowest BCUT2D eigenvalue weighted by molar-refractivity contribution is -0.220. The number of esters is 2. The van der Waals surface area contributed by atoms with Crippen molar-refractivity contribution in [3.63, 3.8) is 0 Å². The predicted octanol–water partition coefficient (Wildman–Crippen LogP) is 11.3. The summed E-state index contributed by atoms with van der Waals surface area (Å²) in [6.07, 6.45) is 39.9. The molecule has 14 heteroatoms. The van der Waals surface area contributed by atoms with Gasteiger partial charge in [0.15, 0.2) is 6.10 Å². The van der Waals surface area contributed by atoms with E-state index < -0.39 is 75.7 Å². The largest absolute Gasteiger partial charge is 0.472 e. The minimum absolute atomic E-state index is 0.0186. The molecule has 13 nitrogen and oxygen atoms in total. The summed E-state index contributed by atoms with van der Waals surface area (Å²) in [5.74, 6) is -1.17. The molecule has 0 radical (unpaired) electrons. The minimum Gasteiger partial charge on any atom is -0.462 e. The maximum atomic E-state index is 12.8. The number of aliphatic hydroxyl groups is 5. The fourth-order valence-corrected chi connectivity index (χ4v) is 8.60. The van der Waals surface area contributed by atoms with Crippen LogP contribution < -0.4 is 0 Å². The number of hydrogen-bond donors (Lipinski definition) is 6. The van der Waals surface area contributed by atoms with Gasteiger partial charge in [0.2, 0.25) is 0 Å². The topological polar surface area (TPSA) is 210 Å². The Morgan fingerprint density at radius 1 is 0.463 bits per heavy atom. The number of phosphoric acid groups is 1. The van der Waals surface area contributed by atoms with Gasteiger partial charge < -0.3 is 39.9 Å². The van der Waals surface area contributed by atoms with Crippen molar-refractivity contribution in [1.82, 2.24) is 0 Å². The van der Waals surface area contributed by atoms with Gasteiger partial charge in [-0.25, -0.2) is 4.57 Å². The molecule has 0 aromatic rings. The highest BCUT2D eigenvalue weighted by atomic mass is 31.2. The monoisotopic (exact) mass is 969 g/mol. The van der Waals surface area contributed by atoms with E-state index >= 15 is 0 Å². The first kappa shape index (κ1) is 62.6. The van der Waals surface area contributed by atoms with Crippen molar-refractivity contribution in [2.24, 2.45) is 0 Å². The van der Waals surface area contributed by atoms with Crippen LogP contribution in [-0.4, -0.2) is 98.3 Å². The molecule has 67 heavy (non-hydrogen) atoms. The number of hydrogen-bond acceptors (Lipinski definition) is 12. The van der Waals surface area contributed by atoms with Gasteiger partial charge in [-0.3, -0.25) is 18.6 Å². The van der Waals surface area contributed by atoms with Gasteiger partial charge in [0.1, 0.15) is 43.2 Å². The molecule has 0 aliphatic heterocycles. The Hall–Kier alpha value is -2.45. The van der Waals surface area contributed by atoms with Crippen LogP contribution in [0.5, 0.6) is 0 Å². The Morgan fingerprint density at radius 2 is 0.821 bits per heavy atom. The van der Waals surface area contributed by atoms with Crippen molar-refractivity contribution in [2.45, 2.75) is 249 Å². The zero-order valence-electron chi connectivity index (χ0n) is 41.4. The molecule has 1 fully saturated rings. The van der Waals surface area contributed by atoms with Gasteiger partial charge >= 0.3 is 19.8 Å². The number of ether oxygens (including phenoxy) is 2. The molecule has 6 N–H and O–H groups in total. The van der Waals surface area contributed by atoms with Crippen LogP contribution in [-0.2, 0) is 32.7 Å². The lowest BCUT2D eigenvalue weighted by Crippen LogP contribution is -2.64. The molecule has 1 rings (SSSR count). The van der Waals surface area contributed by atoms with E-state index in [9.17, 15) is 44.6 Å². The van der Waals surface area contributed by atoms with E-state index in [1.165, 1.54) is 103 Å². The van der Waals surface area contributed by atoms with Gasteiger partial charge in [0, 0.05) is 12.8 Å². The second-order valence-electron chi connectivity index (χ2n) is 18.0. The van der Waals surface area contributed by atoms with Crippen molar-refractivity contribution in [3.8, 4) is 0 Å². The number of allylic oxidation sites excluding steroid dienone is 10. The van der Waals surface area contributed by atoms with Crippen LogP contribution in [0.4, 0.5) is 0 Å². The molecule has 388 valence electrons. The standard InChI is InChI=1S/C53H93O13P/c1-3-5-7-9-11-13-15-17-19-21-22-23-24-26-28-30-32-34-36-38-40-42-47(55)65-45(44-64-67(61,62)66-53-51(59)49(57)48(56)50(58)52(53)60)43-63-46(54)41-39-37-35-33-31-29-27-25-20-18-16-14-12-10-8-6-4-2/h18-21,23-24,28,30,34,36,45,48-53,56-60H,3-17,22,25-27,29,31-33,35,37-44H2,1-2H3,(H,61,62)/b20-18+,21-19+,24-23+,30-28+,36-34+/t45-,48?,49-,50?,51?,52?,53?/m1/s1. The number of unbranched alkanes of at least 4 members (excludes halogenated alkanes) is 21. The van der Waals surface area contributed by atoms with Crippen LogP contribution in [0.25, 0.3) is 0 Å². The highest BCUT2D eigenvalue weighted by Crippen LogP contribution is 2.47. The molecular weight excluding hydrogens is 876 g/mol. The van der Waals surface area contributed by atoms with Crippen molar-refractivity contribution in [3.05, 3.63) is 60.8 Å². The Bertz CT molecular complexity index is 1400. The third-order valence-corrected chi connectivity index (χ3v) is 12.8. The van der Waals surface area contributed by atoms with Crippen LogP contribution in [0.1, 0.15) is 206 Å². The molecule has 1 aliphatic rings. The third-order valence-electron chi connectivity index (χ3n) is 11.8. The summed E-state index contributed by atoms with van der Waals surface area (Å²) in [5.41, 5.74) is 0. The maximum Gasteiger partial charge on any atom is 0.472 e. The predicted molar refractivity (Wildman–Crippen MR) is 267 cm³/mol. The second kappa shape index (κ2) is 42.4. The van der Waals surface area contributed by atoms with Crippen molar-refractivity contribution >= 4 is 19.8 Å². The smallest absolute Gasteiger partial charge is 0.462 e. The second-order valence-corrected chi connectivity index (χ2v) is 19.4. The van der Waals surface area contributed by atoms with Crippen molar-refractivity contribution in [2.75, 3.05) is 13.2 Å². The van der Waals surface area contributed by atoms with Gasteiger partial charge in [0.05, 0.1) is 6.61 Å². The first-order valence-corrected chi connectivity index (χ1v) is 27.6. The molecule has 6 unspecified atom stereocenters. The molecule has 8 atom stereocenters. The van der Waals surface area contributed by atoms with E-state index in [2.05, 4.69) is 62.5 Å². The average molecular weight is 969 g/mol.